The van der Waals surface area contributed by atoms with Crippen LogP contribution in [0.3, 0.4) is 0 Å². The Hall–Kier alpha value is -2.55. The van der Waals surface area contributed by atoms with Crippen molar-refractivity contribution < 1.29 is 13.2 Å². The molecule has 5 N–H and O–H groups in total. The lowest BCUT2D eigenvalue weighted by molar-refractivity contribution is 0.259. The van der Waals surface area contributed by atoms with Crippen LogP contribution in [0.4, 0.5) is 16.2 Å². The summed E-state index contributed by atoms with van der Waals surface area (Å²) in [4.78, 5) is 10.7. The minimum Gasteiger partial charge on any atom is -0.351 e. The van der Waals surface area contributed by atoms with Gasteiger partial charge in [-0.25, -0.2) is 13.2 Å². The van der Waals surface area contributed by atoms with Crippen LogP contribution in [0, 0.1) is 0 Å². The zero-order chi connectivity index (χ0) is 13.9. The second-order valence-corrected chi connectivity index (χ2v) is 5.29. The number of sulfonamides is 1. The van der Waals surface area contributed by atoms with Crippen LogP contribution in [0.5, 0.6) is 0 Å². The van der Waals surface area contributed by atoms with Crippen molar-refractivity contribution in [1.82, 2.24) is 10.2 Å². The van der Waals surface area contributed by atoms with Gasteiger partial charge in [0, 0.05) is 17.6 Å². The number of nitrogens with one attached hydrogen (secondary N) is 3. The van der Waals surface area contributed by atoms with Crippen molar-refractivity contribution in [1.29, 1.82) is 0 Å². The van der Waals surface area contributed by atoms with Gasteiger partial charge in [0.15, 0.2) is 0 Å². The quantitative estimate of drug-likeness (QED) is 0.657. The molecule has 100 valence electrons. The second-order valence-electron chi connectivity index (χ2n) is 3.61. The molecule has 0 spiro atoms. The van der Waals surface area contributed by atoms with Crippen LogP contribution in [0.15, 0.2) is 41.6 Å². The average molecular weight is 281 g/mol. The Labute approximate surface area is 109 Å². The summed E-state index contributed by atoms with van der Waals surface area (Å²) < 4.78 is 26.1. The molecule has 0 saturated heterocycles. The monoisotopic (exact) mass is 281 g/mol. The summed E-state index contributed by atoms with van der Waals surface area (Å²) in [5.74, 6) is 0. The predicted molar refractivity (Wildman–Crippen MR) is 69.0 cm³/mol. The highest BCUT2D eigenvalue weighted by molar-refractivity contribution is 7.92. The van der Waals surface area contributed by atoms with Gasteiger partial charge >= 0.3 is 6.03 Å². The van der Waals surface area contributed by atoms with Gasteiger partial charge in [0.25, 0.3) is 10.0 Å². The zero-order valence-corrected chi connectivity index (χ0v) is 10.4. The van der Waals surface area contributed by atoms with Crippen LogP contribution in [0.2, 0.25) is 0 Å². The van der Waals surface area contributed by atoms with Crippen LogP contribution < -0.4 is 15.8 Å². The smallest absolute Gasteiger partial charge is 0.316 e. The third-order valence-electron chi connectivity index (χ3n) is 2.19. The minimum absolute atomic E-state index is 0.0341. The van der Waals surface area contributed by atoms with E-state index in [0.29, 0.717) is 11.4 Å². The molecule has 8 nitrogen and oxygen atoms in total. The SMILES string of the molecule is NC(=O)Nc1ccc(NS(=O)(=O)c2cn[nH]c2)cc1. The molecule has 0 saturated carbocycles. The van der Waals surface area contributed by atoms with Crippen molar-refractivity contribution in [2.24, 2.45) is 5.73 Å². The molecular weight excluding hydrogens is 270 g/mol. The van der Waals surface area contributed by atoms with Gasteiger partial charge in [-0.2, -0.15) is 5.10 Å². The number of aromatic nitrogens is 2. The van der Waals surface area contributed by atoms with Gasteiger partial charge in [-0.3, -0.25) is 9.82 Å². The Morgan fingerprint density at radius 1 is 1.21 bits per heavy atom. The van der Waals surface area contributed by atoms with E-state index < -0.39 is 16.1 Å². The number of nitrogens with two attached hydrogens (primary N) is 1. The van der Waals surface area contributed by atoms with Crippen molar-refractivity contribution in [2.45, 2.75) is 4.90 Å². The highest BCUT2D eigenvalue weighted by atomic mass is 32.2. The highest BCUT2D eigenvalue weighted by Crippen LogP contribution is 2.17. The van der Waals surface area contributed by atoms with Crippen molar-refractivity contribution >= 4 is 27.4 Å². The maximum absolute atomic E-state index is 11.9. The molecular formula is C10H11N5O3S. The van der Waals surface area contributed by atoms with Crippen LogP contribution in [0.1, 0.15) is 0 Å². The van der Waals surface area contributed by atoms with Gasteiger partial charge in [-0.1, -0.05) is 0 Å². The van der Waals surface area contributed by atoms with Crippen LogP contribution in [0.25, 0.3) is 0 Å². The van der Waals surface area contributed by atoms with Crippen LogP contribution in [-0.4, -0.2) is 24.6 Å². The number of amides is 2. The molecule has 1 aromatic heterocycles. The Balaban J connectivity index is 2.14. The number of anilines is 2. The number of nitrogens with zero attached hydrogens (tertiary/aromatic N) is 1. The van der Waals surface area contributed by atoms with Crippen molar-refractivity contribution in [2.75, 3.05) is 10.0 Å². The molecule has 0 bridgehead atoms. The first-order valence-electron chi connectivity index (χ1n) is 5.15. The van der Waals surface area contributed by atoms with E-state index in [-0.39, 0.29) is 4.90 Å². The number of hydrogen-bond donors (Lipinski definition) is 4. The van der Waals surface area contributed by atoms with Gasteiger partial charge in [-0.15, -0.1) is 0 Å². The first kappa shape index (κ1) is 12.9. The van der Waals surface area contributed by atoms with E-state index in [1.807, 2.05) is 0 Å². The number of primary amides is 1. The Bertz CT molecular complexity index is 664. The lowest BCUT2D eigenvalue weighted by atomic mass is 10.3. The largest absolute Gasteiger partial charge is 0.351 e. The van der Waals surface area contributed by atoms with Gasteiger partial charge in [-0.05, 0) is 24.3 Å². The summed E-state index contributed by atoms with van der Waals surface area (Å²) in [6.07, 6.45) is 2.47. The lowest BCUT2D eigenvalue weighted by Crippen LogP contribution is -2.19. The second kappa shape index (κ2) is 4.98. The number of carbonyl (C=O) groups excluding carboxylic acids is 1. The van der Waals surface area contributed by atoms with Crippen molar-refractivity contribution in [3.05, 3.63) is 36.7 Å². The average Bonchev–Trinajstić information content (AvgIpc) is 2.85. The first-order valence-corrected chi connectivity index (χ1v) is 6.64. The summed E-state index contributed by atoms with van der Waals surface area (Å²) in [6.45, 7) is 0. The van der Waals surface area contributed by atoms with Crippen molar-refractivity contribution in [3.63, 3.8) is 0 Å². The third kappa shape index (κ3) is 3.22. The first-order chi connectivity index (χ1) is 8.97. The van der Waals surface area contributed by atoms with E-state index in [1.54, 1.807) is 0 Å². The molecule has 0 fully saturated rings. The van der Waals surface area contributed by atoms with E-state index in [9.17, 15) is 13.2 Å². The minimum atomic E-state index is -3.66. The number of benzene rings is 1. The molecule has 19 heavy (non-hydrogen) atoms. The summed E-state index contributed by atoms with van der Waals surface area (Å²) in [6, 6.07) is 5.37. The van der Waals surface area contributed by atoms with Gasteiger partial charge in [0.1, 0.15) is 4.90 Å². The van der Waals surface area contributed by atoms with E-state index in [4.69, 9.17) is 5.73 Å². The zero-order valence-electron chi connectivity index (χ0n) is 9.62. The topological polar surface area (TPSA) is 130 Å². The number of carbonyl (C=O) groups is 1. The third-order valence-corrected chi connectivity index (χ3v) is 3.54. The molecule has 0 atom stereocenters. The molecule has 1 aromatic carbocycles. The molecule has 2 aromatic rings. The van der Waals surface area contributed by atoms with Gasteiger partial charge in [0.2, 0.25) is 0 Å². The number of urea groups is 1. The van der Waals surface area contributed by atoms with Crippen molar-refractivity contribution in [3.8, 4) is 0 Å². The maximum Gasteiger partial charge on any atom is 0.316 e. The molecule has 0 radical (unpaired) electrons. The van der Waals surface area contributed by atoms with E-state index in [1.165, 1.54) is 36.7 Å². The van der Waals surface area contributed by atoms with Gasteiger partial charge < -0.3 is 11.1 Å². The fourth-order valence-corrected chi connectivity index (χ4v) is 2.33. The molecule has 0 unspecified atom stereocenters. The van der Waals surface area contributed by atoms with E-state index in [2.05, 4.69) is 20.2 Å². The Morgan fingerprint density at radius 3 is 2.37 bits per heavy atom. The van der Waals surface area contributed by atoms with Crippen LogP contribution in [-0.2, 0) is 10.0 Å². The molecule has 1 heterocycles. The lowest BCUT2D eigenvalue weighted by Gasteiger charge is -2.07. The standard InChI is InChI=1S/C10H11N5O3S/c11-10(16)14-7-1-3-8(4-2-7)15-19(17,18)9-5-12-13-6-9/h1-6,15H,(H,12,13)(H3,11,14,16). The molecule has 2 amide bonds. The molecule has 0 aliphatic heterocycles. The fourth-order valence-electron chi connectivity index (χ4n) is 1.36. The number of H-pyrrole nitrogens is 1. The van der Waals surface area contributed by atoms with Gasteiger partial charge in [0.05, 0.1) is 6.20 Å². The number of aromatic amines is 1. The molecule has 0 aliphatic carbocycles. The normalized spacial score (nSPS) is 10.9. The van der Waals surface area contributed by atoms with Crippen LogP contribution >= 0.6 is 0 Å². The molecule has 0 aliphatic rings. The predicted octanol–water partition coefficient (Wildman–Crippen LogP) is 0.701. The summed E-state index contributed by atoms with van der Waals surface area (Å²) in [5, 5.41) is 8.36. The maximum atomic E-state index is 11.9. The van der Waals surface area contributed by atoms with E-state index >= 15 is 0 Å². The van der Waals surface area contributed by atoms with E-state index in [0.717, 1.165) is 0 Å². The Kier molecular flexibility index (Phi) is 3.38. The fraction of sp³-hybridized carbons (Fsp3) is 0. The number of hydrogen-bond acceptors (Lipinski definition) is 4. The molecule has 9 heteroatoms. The highest BCUT2D eigenvalue weighted by Gasteiger charge is 2.14. The Morgan fingerprint density at radius 2 is 1.84 bits per heavy atom. The summed E-state index contributed by atoms with van der Waals surface area (Å²) in [7, 11) is -3.66. The number of rotatable bonds is 4. The summed E-state index contributed by atoms with van der Waals surface area (Å²) >= 11 is 0. The summed E-state index contributed by atoms with van der Waals surface area (Å²) in [5.41, 5.74) is 5.79. The molecule has 2 rings (SSSR count).